The molecule has 0 spiro atoms. The lowest BCUT2D eigenvalue weighted by molar-refractivity contribution is -0.147. The zero-order valence-corrected chi connectivity index (χ0v) is 17.2. The van der Waals surface area contributed by atoms with Gasteiger partial charge in [-0.2, -0.15) is 0 Å². The van der Waals surface area contributed by atoms with E-state index in [1.807, 2.05) is 12.1 Å². The van der Waals surface area contributed by atoms with Crippen molar-refractivity contribution in [1.29, 1.82) is 0 Å². The van der Waals surface area contributed by atoms with Crippen LogP contribution in [0.3, 0.4) is 0 Å². The molecule has 1 saturated heterocycles. The van der Waals surface area contributed by atoms with Crippen LogP contribution < -0.4 is 10.6 Å². The number of amides is 2. The Hall–Kier alpha value is -1.82. The number of nitrogens with zero attached hydrogens (tertiary/aromatic N) is 1. The average Bonchev–Trinajstić information content (AvgIpc) is 3.20. The highest BCUT2D eigenvalue weighted by molar-refractivity contribution is 5.83. The molecule has 5 fully saturated rings. The fourth-order valence-electron chi connectivity index (χ4n) is 6.82. The Morgan fingerprint density at radius 1 is 1.07 bits per heavy atom. The van der Waals surface area contributed by atoms with Gasteiger partial charge in [0.15, 0.2) is 0 Å². The molecule has 2 heterocycles. The molecule has 0 radical (unpaired) electrons. The van der Waals surface area contributed by atoms with Gasteiger partial charge in [-0.3, -0.25) is 14.5 Å². The highest BCUT2D eigenvalue weighted by atomic mass is 16.3. The van der Waals surface area contributed by atoms with Crippen molar-refractivity contribution in [3.05, 3.63) is 24.2 Å². The molecule has 6 rings (SSSR count). The van der Waals surface area contributed by atoms with Crippen LogP contribution in [0.2, 0.25) is 0 Å². The number of piperidine rings is 1. The van der Waals surface area contributed by atoms with Crippen LogP contribution in [0, 0.1) is 23.2 Å². The van der Waals surface area contributed by atoms with Gasteiger partial charge in [0.1, 0.15) is 5.76 Å². The second-order valence-electron chi connectivity index (χ2n) is 10.1. The summed E-state index contributed by atoms with van der Waals surface area (Å²) in [5, 5.41) is 6.32. The Balaban J connectivity index is 1.06. The summed E-state index contributed by atoms with van der Waals surface area (Å²) in [5.41, 5.74) is -0.0579. The van der Waals surface area contributed by atoms with Gasteiger partial charge in [-0.15, -0.1) is 0 Å². The first-order valence-electron chi connectivity index (χ1n) is 11.4. The Morgan fingerprint density at radius 3 is 2.31 bits per heavy atom. The van der Waals surface area contributed by atoms with Crippen LogP contribution in [0.1, 0.15) is 57.1 Å². The molecule has 5 aliphatic rings. The summed E-state index contributed by atoms with van der Waals surface area (Å²) in [6.45, 7) is 2.57. The molecule has 1 aromatic rings. The smallest absolute Gasteiger partial charge is 0.234 e. The maximum Gasteiger partial charge on any atom is 0.234 e. The zero-order valence-electron chi connectivity index (χ0n) is 17.2. The third kappa shape index (κ3) is 4.09. The predicted molar refractivity (Wildman–Crippen MR) is 109 cm³/mol. The summed E-state index contributed by atoms with van der Waals surface area (Å²) in [7, 11) is 0. The number of hydrogen-bond acceptors (Lipinski definition) is 4. The first-order chi connectivity index (χ1) is 14.1. The van der Waals surface area contributed by atoms with E-state index in [1.165, 1.54) is 19.3 Å². The lowest BCUT2D eigenvalue weighted by Crippen LogP contribution is -2.56. The van der Waals surface area contributed by atoms with E-state index in [-0.39, 0.29) is 17.4 Å². The van der Waals surface area contributed by atoms with Crippen molar-refractivity contribution in [3.63, 3.8) is 0 Å². The zero-order chi connectivity index (χ0) is 19.8. The van der Waals surface area contributed by atoms with E-state index in [4.69, 9.17) is 4.42 Å². The molecule has 4 aliphatic carbocycles. The minimum Gasteiger partial charge on any atom is -0.467 e. The Bertz CT molecular complexity index is 701. The summed E-state index contributed by atoms with van der Waals surface area (Å²) in [5.74, 6) is 3.53. The van der Waals surface area contributed by atoms with Crippen LogP contribution >= 0.6 is 0 Å². The number of rotatable bonds is 6. The van der Waals surface area contributed by atoms with Gasteiger partial charge in [0.2, 0.25) is 11.8 Å². The second-order valence-corrected chi connectivity index (χ2v) is 10.1. The van der Waals surface area contributed by atoms with Gasteiger partial charge in [-0.05, 0) is 81.3 Å². The normalized spacial score (nSPS) is 34.3. The van der Waals surface area contributed by atoms with Gasteiger partial charge in [-0.1, -0.05) is 0 Å². The van der Waals surface area contributed by atoms with Crippen LogP contribution in [0.15, 0.2) is 22.8 Å². The largest absolute Gasteiger partial charge is 0.467 e. The minimum atomic E-state index is -0.0579. The van der Waals surface area contributed by atoms with Gasteiger partial charge in [-0.25, -0.2) is 0 Å². The monoisotopic (exact) mass is 399 g/mol. The molecule has 1 aliphatic heterocycles. The van der Waals surface area contributed by atoms with E-state index in [2.05, 4.69) is 15.5 Å². The number of nitrogens with one attached hydrogen (secondary N) is 2. The van der Waals surface area contributed by atoms with Gasteiger partial charge >= 0.3 is 0 Å². The van der Waals surface area contributed by atoms with E-state index in [1.54, 1.807) is 6.26 Å². The maximum absolute atomic E-state index is 13.2. The lowest BCUT2D eigenvalue weighted by Gasteiger charge is -2.56. The van der Waals surface area contributed by atoms with E-state index in [9.17, 15) is 9.59 Å². The molecule has 6 nitrogen and oxygen atoms in total. The van der Waals surface area contributed by atoms with Gasteiger partial charge < -0.3 is 15.1 Å². The van der Waals surface area contributed by atoms with E-state index in [0.29, 0.717) is 19.0 Å². The molecule has 4 bridgehead atoms. The number of carbonyl (C=O) groups excluding carboxylic acids is 2. The number of furan rings is 1. The van der Waals surface area contributed by atoms with Crippen LogP contribution in [0.25, 0.3) is 0 Å². The van der Waals surface area contributed by atoms with E-state index < -0.39 is 0 Å². The van der Waals surface area contributed by atoms with Crippen molar-refractivity contribution >= 4 is 11.8 Å². The van der Waals surface area contributed by atoms with Crippen molar-refractivity contribution in [3.8, 4) is 0 Å². The second kappa shape index (κ2) is 7.78. The SMILES string of the molecule is O=C(CN1CCC(NC(=O)C23CC4CC(CC(C4)C2)C3)CC1)NCc1ccco1. The summed E-state index contributed by atoms with van der Waals surface area (Å²) < 4.78 is 5.24. The molecular formula is C23H33N3O3. The van der Waals surface area contributed by atoms with Crippen molar-refractivity contribution < 1.29 is 14.0 Å². The standard InChI is InChI=1S/C23H33N3O3/c27-21(24-14-20-2-1-7-29-20)15-26-5-3-19(4-6-26)25-22(28)23-11-16-8-17(12-23)10-18(9-16)13-23/h1-2,7,16-19H,3-6,8-15H2,(H,24,27)(H,25,28). The Morgan fingerprint density at radius 2 is 1.72 bits per heavy atom. The molecular weight excluding hydrogens is 366 g/mol. The van der Waals surface area contributed by atoms with Gasteiger partial charge in [0.25, 0.3) is 0 Å². The Labute approximate surface area is 172 Å². The molecule has 6 heteroatoms. The van der Waals surface area contributed by atoms with Crippen molar-refractivity contribution in [2.75, 3.05) is 19.6 Å². The number of carbonyl (C=O) groups is 2. The van der Waals surface area contributed by atoms with Crippen LogP contribution in [0.5, 0.6) is 0 Å². The van der Waals surface area contributed by atoms with Gasteiger partial charge in [0.05, 0.1) is 19.4 Å². The maximum atomic E-state index is 13.2. The topological polar surface area (TPSA) is 74.6 Å². The van der Waals surface area contributed by atoms with Gasteiger partial charge in [0, 0.05) is 24.5 Å². The molecule has 158 valence electrons. The highest BCUT2D eigenvalue weighted by Gasteiger charge is 2.54. The predicted octanol–water partition coefficient (Wildman–Crippen LogP) is 2.69. The number of hydrogen-bond donors (Lipinski definition) is 2. The number of likely N-dealkylation sites (tertiary alicyclic amines) is 1. The Kier molecular flexibility index (Phi) is 5.14. The van der Waals surface area contributed by atoms with Crippen molar-refractivity contribution in [2.45, 2.75) is 64.0 Å². The fourth-order valence-corrected chi connectivity index (χ4v) is 6.82. The molecule has 0 unspecified atom stereocenters. The average molecular weight is 400 g/mol. The fraction of sp³-hybridized carbons (Fsp3) is 0.739. The minimum absolute atomic E-state index is 0.0254. The summed E-state index contributed by atoms with van der Waals surface area (Å²) in [6, 6.07) is 3.94. The lowest BCUT2D eigenvalue weighted by atomic mass is 9.49. The van der Waals surface area contributed by atoms with Crippen molar-refractivity contribution in [1.82, 2.24) is 15.5 Å². The molecule has 0 atom stereocenters. The third-order valence-corrected chi connectivity index (χ3v) is 7.85. The van der Waals surface area contributed by atoms with E-state index >= 15 is 0 Å². The molecule has 1 aromatic heterocycles. The summed E-state index contributed by atoms with van der Waals surface area (Å²) >= 11 is 0. The molecule has 0 aromatic carbocycles. The highest BCUT2D eigenvalue weighted by Crippen LogP contribution is 2.60. The molecule has 4 saturated carbocycles. The molecule has 2 N–H and O–H groups in total. The van der Waals surface area contributed by atoms with Crippen LogP contribution in [-0.4, -0.2) is 42.4 Å². The third-order valence-electron chi connectivity index (χ3n) is 7.85. The quantitative estimate of drug-likeness (QED) is 0.771. The van der Waals surface area contributed by atoms with Crippen LogP contribution in [0.4, 0.5) is 0 Å². The molecule has 29 heavy (non-hydrogen) atoms. The molecule has 2 amide bonds. The van der Waals surface area contributed by atoms with E-state index in [0.717, 1.165) is 68.7 Å². The first-order valence-corrected chi connectivity index (χ1v) is 11.4. The first kappa shape index (κ1) is 19.2. The summed E-state index contributed by atoms with van der Waals surface area (Å²) in [6.07, 6.45) is 11.0. The summed E-state index contributed by atoms with van der Waals surface area (Å²) in [4.78, 5) is 27.6. The van der Waals surface area contributed by atoms with Crippen molar-refractivity contribution in [2.24, 2.45) is 23.2 Å². The van der Waals surface area contributed by atoms with Crippen LogP contribution in [-0.2, 0) is 16.1 Å².